The highest BCUT2D eigenvalue weighted by Crippen LogP contribution is 2.30. The summed E-state index contributed by atoms with van der Waals surface area (Å²) in [7, 11) is 0. The highest BCUT2D eigenvalue weighted by Gasteiger charge is 2.11. The zero-order valence-corrected chi connectivity index (χ0v) is 11.8. The molecule has 0 aliphatic heterocycles. The summed E-state index contributed by atoms with van der Waals surface area (Å²) >= 11 is 0. The van der Waals surface area contributed by atoms with E-state index in [1.165, 1.54) is 6.08 Å². The van der Waals surface area contributed by atoms with Gasteiger partial charge in [-0.1, -0.05) is 42.7 Å². The van der Waals surface area contributed by atoms with Gasteiger partial charge in [-0.2, -0.15) is 0 Å². The number of carbonyl (C=O) groups is 1. The lowest BCUT2D eigenvalue weighted by Crippen LogP contribution is -1.93. The SMILES string of the molecule is [CH]=Cc1cc(-c2cc3ccccc3o2)cc(C=O)c1C#C[CH2]. The van der Waals surface area contributed by atoms with Crippen molar-refractivity contribution < 1.29 is 9.21 Å². The second kappa shape index (κ2) is 5.75. The fourth-order valence-electron chi connectivity index (χ4n) is 2.41. The number of fused-ring (bicyclic) bond motifs is 1. The fraction of sp³-hybridized carbons (Fsp3) is 0. The van der Waals surface area contributed by atoms with Crippen molar-refractivity contribution >= 4 is 23.3 Å². The van der Waals surface area contributed by atoms with Crippen LogP contribution in [0.5, 0.6) is 0 Å². The Kier molecular flexibility index (Phi) is 3.64. The van der Waals surface area contributed by atoms with Crippen LogP contribution in [0.4, 0.5) is 0 Å². The van der Waals surface area contributed by atoms with Crippen LogP contribution in [-0.2, 0) is 0 Å². The Bertz CT molecular complexity index is 871. The molecule has 0 saturated heterocycles. The summed E-state index contributed by atoms with van der Waals surface area (Å²) in [6, 6.07) is 13.3. The predicted octanol–water partition coefficient (Wildman–Crippen LogP) is 4.54. The molecule has 2 heteroatoms. The van der Waals surface area contributed by atoms with Crippen LogP contribution in [-0.4, -0.2) is 6.29 Å². The van der Waals surface area contributed by atoms with Crippen molar-refractivity contribution in [2.24, 2.45) is 0 Å². The van der Waals surface area contributed by atoms with E-state index >= 15 is 0 Å². The van der Waals surface area contributed by atoms with Gasteiger partial charge in [0.15, 0.2) is 6.29 Å². The standard InChI is InChI=1S/C20H12O2/c1-3-7-18-14(4-2)10-16(11-17(18)13-21)20-12-15-8-5-6-9-19(15)22-20/h2,4-6,8-13H,1H2. The summed E-state index contributed by atoms with van der Waals surface area (Å²) < 4.78 is 5.83. The molecule has 2 nitrogen and oxygen atoms in total. The average molecular weight is 284 g/mol. The molecule has 0 atom stereocenters. The highest BCUT2D eigenvalue weighted by molar-refractivity contribution is 5.88. The van der Waals surface area contributed by atoms with Gasteiger partial charge in [-0.25, -0.2) is 0 Å². The molecule has 0 spiro atoms. The van der Waals surface area contributed by atoms with Gasteiger partial charge in [0.25, 0.3) is 0 Å². The molecule has 22 heavy (non-hydrogen) atoms. The summed E-state index contributed by atoms with van der Waals surface area (Å²) in [5, 5.41) is 1.00. The quantitative estimate of drug-likeness (QED) is 0.522. The van der Waals surface area contributed by atoms with Gasteiger partial charge in [-0.05, 0) is 29.8 Å². The second-order valence-corrected chi connectivity index (χ2v) is 4.76. The Morgan fingerprint density at radius 1 is 1.14 bits per heavy atom. The number of para-hydroxylation sites is 1. The third-order valence-electron chi connectivity index (χ3n) is 3.43. The highest BCUT2D eigenvalue weighted by atomic mass is 16.3. The van der Waals surface area contributed by atoms with E-state index in [9.17, 15) is 4.79 Å². The molecule has 1 aromatic heterocycles. The number of benzene rings is 2. The smallest absolute Gasteiger partial charge is 0.151 e. The first kappa shape index (κ1) is 13.9. The van der Waals surface area contributed by atoms with E-state index in [-0.39, 0.29) is 0 Å². The van der Waals surface area contributed by atoms with Crippen LogP contribution < -0.4 is 0 Å². The lowest BCUT2D eigenvalue weighted by atomic mass is 9.97. The van der Waals surface area contributed by atoms with Crippen molar-refractivity contribution in [3.05, 3.63) is 72.7 Å². The molecule has 0 fully saturated rings. The van der Waals surface area contributed by atoms with Crippen LogP contribution in [0.15, 0.2) is 46.9 Å². The Hall–Kier alpha value is -3.05. The number of rotatable bonds is 3. The minimum atomic E-state index is 0.464. The van der Waals surface area contributed by atoms with E-state index in [1.54, 1.807) is 6.07 Å². The number of aldehydes is 1. The van der Waals surface area contributed by atoms with Gasteiger partial charge in [-0.15, -0.1) is 0 Å². The third kappa shape index (κ3) is 2.34. The third-order valence-corrected chi connectivity index (χ3v) is 3.43. The lowest BCUT2D eigenvalue weighted by Gasteiger charge is -2.06. The first-order valence-electron chi connectivity index (χ1n) is 6.72. The second-order valence-electron chi connectivity index (χ2n) is 4.76. The Morgan fingerprint density at radius 2 is 1.91 bits per heavy atom. The van der Waals surface area contributed by atoms with Crippen LogP contribution in [0.25, 0.3) is 28.4 Å². The van der Waals surface area contributed by atoms with Crippen LogP contribution in [0, 0.1) is 25.3 Å². The van der Waals surface area contributed by atoms with Gasteiger partial charge in [0.2, 0.25) is 0 Å². The molecule has 2 aromatic carbocycles. The topological polar surface area (TPSA) is 30.2 Å². The number of furan rings is 1. The van der Waals surface area contributed by atoms with Gasteiger partial charge in [-0.3, -0.25) is 4.79 Å². The van der Waals surface area contributed by atoms with Crippen LogP contribution in [0.3, 0.4) is 0 Å². The largest absolute Gasteiger partial charge is 0.456 e. The van der Waals surface area contributed by atoms with Gasteiger partial charge in [0.05, 0.1) is 0 Å². The van der Waals surface area contributed by atoms with Crippen molar-refractivity contribution in [3.63, 3.8) is 0 Å². The zero-order chi connectivity index (χ0) is 15.5. The average Bonchev–Trinajstić information content (AvgIpc) is 2.99. The molecule has 3 rings (SSSR count). The van der Waals surface area contributed by atoms with Gasteiger partial charge < -0.3 is 4.42 Å². The van der Waals surface area contributed by atoms with Gasteiger partial charge >= 0.3 is 0 Å². The molecule has 0 aliphatic rings. The maximum atomic E-state index is 11.4. The minimum Gasteiger partial charge on any atom is -0.456 e. The maximum absolute atomic E-state index is 11.4. The lowest BCUT2D eigenvalue weighted by molar-refractivity contribution is 0.112. The molecule has 1 heterocycles. The van der Waals surface area contributed by atoms with Crippen LogP contribution in [0.1, 0.15) is 21.5 Å². The van der Waals surface area contributed by atoms with Gasteiger partial charge in [0, 0.05) is 29.0 Å². The molecule has 0 N–H and O–H groups in total. The van der Waals surface area contributed by atoms with Crippen molar-refractivity contribution in [2.45, 2.75) is 0 Å². The van der Waals surface area contributed by atoms with E-state index in [4.69, 9.17) is 11.0 Å². The summed E-state index contributed by atoms with van der Waals surface area (Å²) in [5.74, 6) is 6.06. The number of carbonyl (C=O) groups excluding carboxylic acids is 1. The molecule has 0 bridgehead atoms. The molecule has 0 amide bonds. The van der Waals surface area contributed by atoms with Crippen molar-refractivity contribution in [3.8, 4) is 23.2 Å². The summed E-state index contributed by atoms with van der Waals surface area (Å²) in [4.78, 5) is 11.4. The Balaban J connectivity index is 2.24. The first-order valence-corrected chi connectivity index (χ1v) is 6.72. The van der Waals surface area contributed by atoms with E-state index in [0.29, 0.717) is 22.5 Å². The maximum Gasteiger partial charge on any atom is 0.151 e. The van der Waals surface area contributed by atoms with Crippen molar-refractivity contribution in [1.29, 1.82) is 0 Å². The molecular formula is C20H12O2. The minimum absolute atomic E-state index is 0.464. The zero-order valence-electron chi connectivity index (χ0n) is 11.8. The van der Waals surface area contributed by atoms with Gasteiger partial charge in [0.1, 0.15) is 11.3 Å². The molecule has 104 valence electrons. The Labute approximate surface area is 129 Å². The van der Waals surface area contributed by atoms with E-state index < -0.39 is 0 Å². The number of hydrogen-bond acceptors (Lipinski definition) is 2. The van der Waals surface area contributed by atoms with E-state index in [1.807, 2.05) is 36.4 Å². The monoisotopic (exact) mass is 284 g/mol. The van der Waals surface area contributed by atoms with Crippen LogP contribution >= 0.6 is 0 Å². The number of hydrogen-bond donors (Lipinski definition) is 0. The van der Waals surface area contributed by atoms with E-state index in [0.717, 1.165) is 22.8 Å². The summed E-state index contributed by atoms with van der Waals surface area (Å²) in [6.45, 7) is 9.16. The van der Waals surface area contributed by atoms with Crippen molar-refractivity contribution in [1.82, 2.24) is 0 Å². The molecule has 3 aromatic rings. The summed E-state index contributed by atoms with van der Waals surface area (Å²) in [5.41, 5.74) is 3.30. The van der Waals surface area contributed by atoms with E-state index in [2.05, 4.69) is 18.8 Å². The van der Waals surface area contributed by atoms with Crippen molar-refractivity contribution in [2.75, 3.05) is 0 Å². The van der Waals surface area contributed by atoms with Crippen LogP contribution in [0.2, 0.25) is 0 Å². The fourth-order valence-corrected chi connectivity index (χ4v) is 2.41. The predicted molar refractivity (Wildman–Crippen MR) is 88.0 cm³/mol. The molecule has 0 aliphatic carbocycles. The first-order chi connectivity index (χ1) is 10.8. The molecular weight excluding hydrogens is 272 g/mol. The molecule has 0 unspecified atom stereocenters. The Morgan fingerprint density at radius 3 is 2.59 bits per heavy atom. The summed E-state index contributed by atoms with van der Waals surface area (Å²) in [6.07, 6.45) is 2.19. The molecule has 2 radical (unpaired) electrons. The normalized spacial score (nSPS) is 10.0. The molecule has 0 saturated carbocycles.